The third kappa shape index (κ3) is 3.17. The number of nitrogens with two attached hydrogens (primary N) is 1. The molecule has 1 aromatic carbocycles. The smallest absolute Gasteiger partial charge is 0.241 e. The number of sulfonamides is 1. The summed E-state index contributed by atoms with van der Waals surface area (Å²) in [4.78, 5) is 0.177. The molecule has 0 amide bonds. The first-order valence-corrected chi connectivity index (χ1v) is 7.74. The molecule has 0 bridgehead atoms. The normalized spacial score (nSPS) is 11.7. The van der Waals surface area contributed by atoms with Crippen LogP contribution in [-0.2, 0) is 16.6 Å². The number of benzene rings is 1. The molecule has 0 aliphatic carbocycles. The van der Waals surface area contributed by atoms with Crippen LogP contribution < -0.4 is 10.5 Å². The molecule has 0 saturated carbocycles. The van der Waals surface area contributed by atoms with Crippen molar-refractivity contribution in [2.75, 3.05) is 5.73 Å². The first kappa shape index (κ1) is 14.1. The number of nitrogens with one attached hydrogen (secondary N) is 1. The molecule has 0 unspecified atom stereocenters. The van der Waals surface area contributed by atoms with E-state index in [0.29, 0.717) is 15.7 Å². The lowest BCUT2D eigenvalue weighted by molar-refractivity contribution is 0.561. The second kappa shape index (κ2) is 5.36. The highest BCUT2D eigenvalue weighted by Gasteiger charge is 2.18. The molecule has 0 fully saturated rings. The minimum atomic E-state index is -3.60. The zero-order valence-electron chi connectivity index (χ0n) is 10.2. The van der Waals surface area contributed by atoms with E-state index in [1.165, 1.54) is 18.6 Å². The summed E-state index contributed by atoms with van der Waals surface area (Å²) in [5.74, 6) is 0. The Hall–Kier alpha value is -1.31. The van der Waals surface area contributed by atoms with Crippen molar-refractivity contribution in [1.29, 1.82) is 0 Å². The molecule has 0 aliphatic rings. The monoisotopic (exact) mass is 344 g/mol. The maximum atomic E-state index is 12.2. The SMILES string of the molecule is Cc1cc(Br)c(N)cc1S(=O)(=O)NCc1ccoc1. The van der Waals surface area contributed by atoms with Gasteiger partial charge in [0.05, 0.1) is 17.4 Å². The number of anilines is 1. The fraction of sp³-hybridized carbons (Fsp3) is 0.167. The minimum Gasteiger partial charge on any atom is -0.472 e. The highest BCUT2D eigenvalue weighted by Crippen LogP contribution is 2.26. The van der Waals surface area contributed by atoms with E-state index in [0.717, 1.165) is 5.56 Å². The van der Waals surface area contributed by atoms with Crippen LogP contribution in [0.2, 0.25) is 0 Å². The van der Waals surface area contributed by atoms with Crippen LogP contribution >= 0.6 is 15.9 Å². The van der Waals surface area contributed by atoms with Crippen molar-refractivity contribution in [2.24, 2.45) is 0 Å². The van der Waals surface area contributed by atoms with E-state index in [2.05, 4.69) is 20.7 Å². The molecule has 1 heterocycles. The molecule has 0 radical (unpaired) electrons. The van der Waals surface area contributed by atoms with E-state index in [4.69, 9.17) is 10.2 Å². The Morgan fingerprint density at radius 1 is 1.42 bits per heavy atom. The Morgan fingerprint density at radius 2 is 2.16 bits per heavy atom. The van der Waals surface area contributed by atoms with E-state index in [1.807, 2.05) is 0 Å². The van der Waals surface area contributed by atoms with Crippen molar-refractivity contribution >= 4 is 31.6 Å². The number of hydrogen-bond acceptors (Lipinski definition) is 4. The molecule has 19 heavy (non-hydrogen) atoms. The summed E-state index contributed by atoms with van der Waals surface area (Å²) < 4.78 is 32.5. The largest absolute Gasteiger partial charge is 0.472 e. The predicted molar refractivity (Wildman–Crippen MR) is 76.0 cm³/mol. The van der Waals surface area contributed by atoms with E-state index in [9.17, 15) is 8.42 Å². The summed E-state index contributed by atoms with van der Waals surface area (Å²) in [7, 11) is -3.60. The van der Waals surface area contributed by atoms with Crippen molar-refractivity contribution in [1.82, 2.24) is 4.72 Å². The zero-order chi connectivity index (χ0) is 14.0. The van der Waals surface area contributed by atoms with Crippen molar-refractivity contribution in [3.05, 3.63) is 46.3 Å². The molecule has 7 heteroatoms. The van der Waals surface area contributed by atoms with E-state index < -0.39 is 10.0 Å². The third-order valence-corrected chi connectivity index (χ3v) is 4.86. The fourth-order valence-electron chi connectivity index (χ4n) is 1.61. The standard InChI is InChI=1S/C12H13BrN2O3S/c1-8-4-10(13)11(14)5-12(8)19(16,17)15-6-9-2-3-18-7-9/h2-5,7,15H,6,14H2,1H3. The van der Waals surface area contributed by atoms with Crippen LogP contribution in [0.4, 0.5) is 5.69 Å². The lowest BCUT2D eigenvalue weighted by Gasteiger charge is -2.10. The molecule has 3 N–H and O–H groups in total. The highest BCUT2D eigenvalue weighted by molar-refractivity contribution is 9.10. The van der Waals surface area contributed by atoms with Crippen molar-refractivity contribution in [3.8, 4) is 0 Å². The van der Waals surface area contributed by atoms with Gasteiger partial charge in [-0.25, -0.2) is 13.1 Å². The van der Waals surface area contributed by atoms with Gasteiger partial charge in [0.1, 0.15) is 0 Å². The second-order valence-electron chi connectivity index (χ2n) is 4.10. The van der Waals surface area contributed by atoms with Crippen molar-refractivity contribution in [3.63, 3.8) is 0 Å². The number of rotatable bonds is 4. The predicted octanol–water partition coefficient (Wildman–Crippen LogP) is 2.41. The summed E-state index contributed by atoms with van der Waals surface area (Å²) >= 11 is 3.26. The van der Waals surface area contributed by atoms with Crippen LogP contribution in [0, 0.1) is 6.92 Å². The molecule has 1 aromatic heterocycles. The van der Waals surface area contributed by atoms with Gasteiger partial charge in [-0.05, 0) is 46.6 Å². The van der Waals surface area contributed by atoms with Crippen LogP contribution in [0.25, 0.3) is 0 Å². The average Bonchev–Trinajstić information content (AvgIpc) is 2.84. The highest BCUT2D eigenvalue weighted by atomic mass is 79.9. The lowest BCUT2D eigenvalue weighted by Crippen LogP contribution is -2.24. The van der Waals surface area contributed by atoms with E-state index in [-0.39, 0.29) is 11.4 Å². The van der Waals surface area contributed by atoms with Gasteiger partial charge in [-0.15, -0.1) is 0 Å². The number of aryl methyl sites for hydroxylation is 1. The quantitative estimate of drug-likeness (QED) is 0.834. The van der Waals surface area contributed by atoms with Gasteiger partial charge >= 0.3 is 0 Å². The minimum absolute atomic E-state index is 0.175. The van der Waals surface area contributed by atoms with Crippen LogP contribution in [0.3, 0.4) is 0 Å². The van der Waals surface area contributed by atoms with E-state index >= 15 is 0 Å². The Balaban J connectivity index is 2.27. The molecule has 5 nitrogen and oxygen atoms in total. The molecular formula is C12H13BrN2O3S. The maximum absolute atomic E-state index is 12.2. The Morgan fingerprint density at radius 3 is 2.79 bits per heavy atom. The summed E-state index contributed by atoms with van der Waals surface area (Å²) in [6.45, 7) is 1.89. The van der Waals surface area contributed by atoms with Gasteiger partial charge in [0.15, 0.2) is 0 Å². The second-order valence-corrected chi connectivity index (χ2v) is 6.69. The van der Waals surface area contributed by atoms with E-state index in [1.54, 1.807) is 19.1 Å². The first-order valence-electron chi connectivity index (χ1n) is 5.46. The molecular weight excluding hydrogens is 332 g/mol. The lowest BCUT2D eigenvalue weighted by atomic mass is 10.2. The Kier molecular flexibility index (Phi) is 3.98. The molecule has 0 saturated heterocycles. The fourth-order valence-corrected chi connectivity index (χ4v) is 3.34. The van der Waals surface area contributed by atoms with Gasteiger partial charge in [-0.2, -0.15) is 0 Å². The van der Waals surface area contributed by atoms with Gasteiger partial charge in [0, 0.05) is 22.3 Å². The first-order chi connectivity index (χ1) is 8.90. The average molecular weight is 345 g/mol. The molecule has 0 spiro atoms. The van der Waals surface area contributed by atoms with Crippen LogP contribution in [0.5, 0.6) is 0 Å². The zero-order valence-corrected chi connectivity index (χ0v) is 12.6. The summed E-state index contributed by atoms with van der Waals surface area (Å²) in [5.41, 5.74) is 7.49. The maximum Gasteiger partial charge on any atom is 0.241 e. The van der Waals surface area contributed by atoms with Gasteiger partial charge in [0.25, 0.3) is 0 Å². The van der Waals surface area contributed by atoms with Crippen LogP contribution in [-0.4, -0.2) is 8.42 Å². The summed E-state index contributed by atoms with van der Waals surface area (Å²) in [5, 5.41) is 0. The summed E-state index contributed by atoms with van der Waals surface area (Å²) in [6, 6.07) is 4.82. The number of halogens is 1. The third-order valence-electron chi connectivity index (χ3n) is 2.63. The molecule has 2 aromatic rings. The molecule has 0 atom stereocenters. The topological polar surface area (TPSA) is 85.3 Å². The van der Waals surface area contributed by atoms with Gasteiger partial charge < -0.3 is 10.2 Å². The van der Waals surface area contributed by atoms with Crippen molar-refractivity contribution in [2.45, 2.75) is 18.4 Å². The molecule has 102 valence electrons. The van der Waals surface area contributed by atoms with Crippen LogP contribution in [0.15, 0.2) is 44.5 Å². The van der Waals surface area contributed by atoms with Crippen molar-refractivity contribution < 1.29 is 12.8 Å². The summed E-state index contributed by atoms with van der Waals surface area (Å²) in [6.07, 6.45) is 2.98. The number of furan rings is 1. The Labute approximate surface area is 120 Å². The number of nitrogen functional groups attached to an aromatic ring is 1. The number of hydrogen-bond donors (Lipinski definition) is 2. The van der Waals surface area contributed by atoms with Crippen LogP contribution in [0.1, 0.15) is 11.1 Å². The molecule has 2 rings (SSSR count). The Bertz CT molecular complexity index is 681. The van der Waals surface area contributed by atoms with Gasteiger partial charge in [-0.1, -0.05) is 0 Å². The van der Waals surface area contributed by atoms with Gasteiger partial charge in [-0.3, -0.25) is 0 Å². The molecule has 0 aliphatic heterocycles. The van der Waals surface area contributed by atoms with Gasteiger partial charge in [0.2, 0.25) is 10.0 Å².